The standard InChI is InChI=1S/C14H17N5O2/c1-9-4-5-10(21-9)7-18(2)8-12-16-13-11(14(20)17-12)6-15-19(13)3/h4-6H,7-8H2,1-3H3,(H,16,17,20). The number of aromatic amines is 1. The summed E-state index contributed by atoms with van der Waals surface area (Å²) in [7, 11) is 3.72. The van der Waals surface area contributed by atoms with Crippen molar-refractivity contribution in [3.8, 4) is 0 Å². The van der Waals surface area contributed by atoms with Crippen LogP contribution >= 0.6 is 0 Å². The Morgan fingerprint density at radius 1 is 1.38 bits per heavy atom. The summed E-state index contributed by atoms with van der Waals surface area (Å²) in [5.41, 5.74) is 0.432. The lowest BCUT2D eigenvalue weighted by Crippen LogP contribution is -2.21. The van der Waals surface area contributed by atoms with E-state index >= 15 is 0 Å². The van der Waals surface area contributed by atoms with E-state index in [1.54, 1.807) is 11.7 Å². The molecule has 0 aliphatic rings. The van der Waals surface area contributed by atoms with Gasteiger partial charge in [0.05, 0.1) is 19.3 Å². The van der Waals surface area contributed by atoms with Crippen LogP contribution in [-0.2, 0) is 20.1 Å². The molecule has 3 rings (SSSR count). The second-order valence-electron chi connectivity index (χ2n) is 5.20. The molecule has 0 saturated heterocycles. The van der Waals surface area contributed by atoms with Crippen LogP contribution in [0.15, 0.2) is 27.5 Å². The van der Waals surface area contributed by atoms with E-state index in [0.29, 0.717) is 29.9 Å². The zero-order valence-corrected chi connectivity index (χ0v) is 12.3. The van der Waals surface area contributed by atoms with Crippen molar-refractivity contribution in [1.29, 1.82) is 0 Å². The first kappa shape index (κ1) is 13.6. The Hall–Kier alpha value is -2.41. The van der Waals surface area contributed by atoms with Gasteiger partial charge < -0.3 is 9.40 Å². The molecule has 3 aromatic heterocycles. The average molecular weight is 287 g/mol. The van der Waals surface area contributed by atoms with Crippen LogP contribution < -0.4 is 5.56 Å². The van der Waals surface area contributed by atoms with Crippen molar-refractivity contribution in [3.63, 3.8) is 0 Å². The fraction of sp³-hybridized carbons (Fsp3) is 0.357. The Morgan fingerprint density at radius 3 is 2.90 bits per heavy atom. The molecule has 0 fully saturated rings. The number of fused-ring (bicyclic) bond motifs is 1. The second kappa shape index (κ2) is 5.17. The van der Waals surface area contributed by atoms with Crippen molar-refractivity contribution in [3.05, 3.63) is 46.0 Å². The maximum atomic E-state index is 12.0. The number of nitrogens with zero attached hydrogens (tertiary/aromatic N) is 4. The van der Waals surface area contributed by atoms with Crippen molar-refractivity contribution in [1.82, 2.24) is 24.6 Å². The van der Waals surface area contributed by atoms with Gasteiger partial charge >= 0.3 is 0 Å². The molecule has 0 bridgehead atoms. The number of hydrogen-bond donors (Lipinski definition) is 1. The van der Waals surface area contributed by atoms with Gasteiger partial charge in [0.25, 0.3) is 5.56 Å². The molecule has 1 N–H and O–H groups in total. The van der Waals surface area contributed by atoms with Gasteiger partial charge in [-0.25, -0.2) is 4.98 Å². The Balaban J connectivity index is 1.81. The zero-order valence-electron chi connectivity index (χ0n) is 12.3. The summed E-state index contributed by atoms with van der Waals surface area (Å²) < 4.78 is 7.15. The van der Waals surface area contributed by atoms with Gasteiger partial charge in [0.15, 0.2) is 5.65 Å². The first-order chi connectivity index (χ1) is 10.0. The minimum absolute atomic E-state index is 0.162. The van der Waals surface area contributed by atoms with E-state index in [4.69, 9.17) is 4.42 Å². The number of furan rings is 1. The second-order valence-corrected chi connectivity index (χ2v) is 5.20. The number of H-pyrrole nitrogens is 1. The summed E-state index contributed by atoms with van der Waals surface area (Å²) >= 11 is 0. The molecule has 0 radical (unpaired) electrons. The molecule has 7 heteroatoms. The van der Waals surface area contributed by atoms with Crippen molar-refractivity contribution in [2.75, 3.05) is 7.05 Å². The summed E-state index contributed by atoms with van der Waals surface area (Å²) in [6.45, 7) is 3.09. The van der Waals surface area contributed by atoms with E-state index in [0.717, 1.165) is 11.5 Å². The Labute approximate surface area is 121 Å². The van der Waals surface area contributed by atoms with Crippen LogP contribution in [0.3, 0.4) is 0 Å². The molecule has 7 nitrogen and oxygen atoms in total. The first-order valence-electron chi connectivity index (χ1n) is 6.67. The van der Waals surface area contributed by atoms with Crippen molar-refractivity contribution in [2.24, 2.45) is 7.05 Å². The molecular formula is C14H17N5O2. The van der Waals surface area contributed by atoms with Crippen LogP contribution in [0.1, 0.15) is 17.3 Å². The average Bonchev–Trinajstić information content (AvgIpc) is 2.97. The first-order valence-corrected chi connectivity index (χ1v) is 6.67. The number of hydrogen-bond acceptors (Lipinski definition) is 5. The quantitative estimate of drug-likeness (QED) is 0.779. The van der Waals surface area contributed by atoms with Gasteiger partial charge in [-0.05, 0) is 26.1 Å². The third-order valence-electron chi connectivity index (χ3n) is 3.29. The molecule has 0 unspecified atom stereocenters. The summed E-state index contributed by atoms with van der Waals surface area (Å²) in [5, 5.41) is 4.56. The van der Waals surface area contributed by atoms with Gasteiger partial charge in [0.2, 0.25) is 0 Å². The lowest BCUT2D eigenvalue weighted by atomic mass is 10.4. The minimum Gasteiger partial charge on any atom is -0.465 e. The Morgan fingerprint density at radius 2 is 2.19 bits per heavy atom. The molecule has 0 aromatic carbocycles. The van der Waals surface area contributed by atoms with Crippen molar-refractivity contribution < 1.29 is 4.42 Å². The third-order valence-corrected chi connectivity index (χ3v) is 3.29. The van der Waals surface area contributed by atoms with E-state index in [1.807, 2.05) is 31.0 Å². The van der Waals surface area contributed by atoms with Gasteiger partial charge in [0.1, 0.15) is 22.7 Å². The van der Waals surface area contributed by atoms with Gasteiger partial charge in [0, 0.05) is 7.05 Å². The van der Waals surface area contributed by atoms with Gasteiger partial charge in [-0.15, -0.1) is 0 Å². The largest absolute Gasteiger partial charge is 0.465 e. The molecule has 3 aromatic rings. The molecule has 0 atom stereocenters. The monoisotopic (exact) mass is 287 g/mol. The smallest absolute Gasteiger partial charge is 0.262 e. The Bertz CT molecular complexity index is 829. The number of aryl methyl sites for hydroxylation is 2. The van der Waals surface area contributed by atoms with Gasteiger partial charge in [-0.1, -0.05) is 0 Å². The molecule has 0 aliphatic carbocycles. The van der Waals surface area contributed by atoms with Crippen LogP contribution in [0.25, 0.3) is 11.0 Å². The highest BCUT2D eigenvalue weighted by atomic mass is 16.3. The van der Waals surface area contributed by atoms with Crippen LogP contribution in [0.4, 0.5) is 0 Å². The zero-order chi connectivity index (χ0) is 15.0. The van der Waals surface area contributed by atoms with E-state index in [2.05, 4.69) is 15.1 Å². The highest BCUT2D eigenvalue weighted by molar-refractivity contribution is 5.72. The predicted octanol–water partition coefficient (Wildman–Crippen LogP) is 1.19. The molecule has 0 aliphatic heterocycles. The normalized spacial score (nSPS) is 11.6. The fourth-order valence-corrected chi connectivity index (χ4v) is 2.30. The van der Waals surface area contributed by atoms with Crippen LogP contribution in [0, 0.1) is 6.92 Å². The third kappa shape index (κ3) is 2.73. The summed E-state index contributed by atoms with van der Waals surface area (Å²) in [6.07, 6.45) is 1.53. The Kier molecular flexibility index (Phi) is 3.34. The van der Waals surface area contributed by atoms with Crippen LogP contribution in [0.5, 0.6) is 0 Å². The molecule has 21 heavy (non-hydrogen) atoms. The molecule has 0 saturated carbocycles. The SMILES string of the molecule is Cc1ccc(CN(C)Cc2nc3c(cnn3C)c(=O)[nH]2)o1. The minimum atomic E-state index is -0.162. The summed E-state index contributed by atoms with van der Waals surface area (Å²) in [5.74, 6) is 2.39. The number of aromatic nitrogens is 4. The van der Waals surface area contributed by atoms with Gasteiger partial charge in [-0.2, -0.15) is 5.10 Å². The van der Waals surface area contributed by atoms with E-state index < -0.39 is 0 Å². The summed E-state index contributed by atoms with van der Waals surface area (Å²) in [6, 6.07) is 3.89. The van der Waals surface area contributed by atoms with Gasteiger partial charge in [-0.3, -0.25) is 14.4 Å². The highest BCUT2D eigenvalue weighted by Gasteiger charge is 2.10. The van der Waals surface area contributed by atoms with E-state index in [1.165, 1.54) is 6.20 Å². The van der Waals surface area contributed by atoms with Crippen molar-refractivity contribution in [2.45, 2.75) is 20.0 Å². The molecule has 110 valence electrons. The molecule has 3 heterocycles. The maximum Gasteiger partial charge on any atom is 0.262 e. The van der Waals surface area contributed by atoms with Crippen LogP contribution in [0.2, 0.25) is 0 Å². The van der Waals surface area contributed by atoms with Crippen molar-refractivity contribution >= 4 is 11.0 Å². The molecule has 0 spiro atoms. The topological polar surface area (TPSA) is 80.0 Å². The fourth-order valence-electron chi connectivity index (χ4n) is 2.30. The lowest BCUT2D eigenvalue weighted by Gasteiger charge is -2.14. The predicted molar refractivity (Wildman–Crippen MR) is 77.7 cm³/mol. The molecule has 0 amide bonds. The van der Waals surface area contributed by atoms with Crippen LogP contribution in [-0.4, -0.2) is 31.7 Å². The number of nitrogens with one attached hydrogen (secondary N) is 1. The van der Waals surface area contributed by atoms with E-state index in [-0.39, 0.29) is 5.56 Å². The number of rotatable bonds is 4. The summed E-state index contributed by atoms with van der Waals surface area (Å²) in [4.78, 5) is 21.2. The lowest BCUT2D eigenvalue weighted by molar-refractivity contribution is 0.279. The highest BCUT2D eigenvalue weighted by Crippen LogP contribution is 2.10. The molecular weight excluding hydrogens is 270 g/mol. The van der Waals surface area contributed by atoms with E-state index in [9.17, 15) is 4.79 Å². The maximum absolute atomic E-state index is 12.0.